The van der Waals surface area contributed by atoms with Crippen LogP contribution in [0.15, 0.2) is 24.3 Å². The largest absolute Gasteiger partial charge is 0.466 e. The van der Waals surface area contributed by atoms with Crippen molar-refractivity contribution in [1.82, 2.24) is 5.32 Å². The molecule has 0 radical (unpaired) electrons. The van der Waals surface area contributed by atoms with Crippen molar-refractivity contribution >= 4 is 11.9 Å². The van der Waals surface area contributed by atoms with Crippen LogP contribution in [0.3, 0.4) is 0 Å². The van der Waals surface area contributed by atoms with Crippen molar-refractivity contribution in [2.75, 3.05) is 13.2 Å². The summed E-state index contributed by atoms with van der Waals surface area (Å²) in [5.41, 5.74) is 0.951. The maximum atomic E-state index is 12.7. The molecular weight excluding hydrogens is 249 g/mol. The molecule has 1 aromatic rings. The van der Waals surface area contributed by atoms with E-state index in [1.165, 1.54) is 12.1 Å². The number of nitrogens with one attached hydrogen (secondary N) is 1. The van der Waals surface area contributed by atoms with Gasteiger partial charge in [-0.3, -0.25) is 9.59 Å². The summed E-state index contributed by atoms with van der Waals surface area (Å²) in [7, 11) is 0. The summed E-state index contributed by atoms with van der Waals surface area (Å²) in [5, 5.41) is 2.70. The lowest BCUT2D eigenvalue weighted by atomic mass is 10.1. The topological polar surface area (TPSA) is 55.4 Å². The van der Waals surface area contributed by atoms with Gasteiger partial charge in [0.2, 0.25) is 5.91 Å². The molecule has 0 aliphatic rings. The molecule has 1 N–H and O–H groups in total. The minimum absolute atomic E-state index is 0.0935. The van der Waals surface area contributed by atoms with Crippen LogP contribution < -0.4 is 5.32 Å². The molecule has 0 fully saturated rings. The molecule has 0 saturated heterocycles. The number of amides is 1. The summed E-state index contributed by atoms with van der Waals surface area (Å²) in [4.78, 5) is 22.5. The third kappa shape index (κ3) is 6.55. The molecular formula is C14H18FNO3. The molecule has 1 rings (SSSR count). The normalized spacial score (nSPS) is 10.0. The smallest absolute Gasteiger partial charge is 0.306 e. The summed E-state index contributed by atoms with van der Waals surface area (Å²) < 4.78 is 17.4. The van der Waals surface area contributed by atoms with Crippen LogP contribution in [0.4, 0.5) is 4.39 Å². The van der Waals surface area contributed by atoms with Gasteiger partial charge in [-0.15, -0.1) is 0 Å². The molecule has 1 aromatic carbocycles. The standard InChI is InChI=1S/C14H18FNO3/c1-2-19-14(18)8-7-13(17)16-10-9-11-3-5-12(15)6-4-11/h3-6H,2,7-10H2,1H3,(H,16,17). The average molecular weight is 267 g/mol. The van der Waals surface area contributed by atoms with E-state index in [1.807, 2.05) is 0 Å². The monoisotopic (exact) mass is 267 g/mol. The fourth-order valence-corrected chi connectivity index (χ4v) is 1.53. The maximum Gasteiger partial charge on any atom is 0.306 e. The number of benzene rings is 1. The number of halogens is 1. The summed E-state index contributed by atoms with van der Waals surface area (Å²) in [6, 6.07) is 6.13. The van der Waals surface area contributed by atoms with Crippen molar-refractivity contribution < 1.29 is 18.7 Å². The molecule has 0 aliphatic carbocycles. The second-order valence-corrected chi connectivity index (χ2v) is 4.03. The van der Waals surface area contributed by atoms with Gasteiger partial charge in [0.25, 0.3) is 0 Å². The number of carbonyl (C=O) groups excluding carboxylic acids is 2. The molecule has 0 bridgehead atoms. The molecule has 0 saturated carbocycles. The Hall–Kier alpha value is -1.91. The van der Waals surface area contributed by atoms with Gasteiger partial charge >= 0.3 is 5.97 Å². The molecule has 0 atom stereocenters. The number of hydrogen-bond donors (Lipinski definition) is 1. The van der Waals surface area contributed by atoms with E-state index in [1.54, 1.807) is 19.1 Å². The lowest BCUT2D eigenvalue weighted by Crippen LogP contribution is -2.26. The summed E-state index contributed by atoms with van der Waals surface area (Å²) in [6.07, 6.45) is 0.851. The highest BCUT2D eigenvalue weighted by atomic mass is 19.1. The zero-order valence-electron chi connectivity index (χ0n) is 10.9. The van der Waals surface area contributed by atoms with Gasteiger partial charge in [0.1, 0.15) is 5.82 Å². The molecule has 19 heavy (non-hydrogen) atoms. The first-order chi connectivity index (χ1) is 9.11. The molecule has 5 heteroatoms. The summed E-state index contributed by atoms with van der Waals surface area (Å²) >= 11 is 0. The molecule has 0 aliphatic heterocycles. The van der Waals surface area contributed by atoms with E-state index in [9.17, 15) is 14.0 Å². The molecule has 0 aromatic heterocycles. The molecule has 0 spiro atoms. The number of esters is 1. The van der Waals surface area contributed by atoms with Gasteiger partial charge in [-0.2, -0.15) is 0 Å². The number of carbonyl (C=O) groups is 2. The van der Waals surface area contributed by atoms with Crippen molar-refractivity contribution in [3.63, 3.8) is 0 Å². The predicted octanol–water partition coefficient (Wildman–Crippen LogP) is 1.83. The van der Waals surface area contributed by atoms with Crippen molar-refractivity contribution in [1.29, 1.82) is 0 Å². The fraction of sp³-hybridized carbons (Fsp3) is 0.429. The van der Waals surface area contributed by atoms with Crippen molar-refractivity contribution in [2.24, 2.45) is 0 Å². The number of rotatable bonds is 7. The lowest BCUT2D eigenvalue weighted by Gasteiger charge is -2.05. The van der Waals surface area contributed by atoms with Gasteiger partial charge < -0.3 is 10.1 Å². The first-order valence-corrected chi connectivity index (χ1v) is 6.28. The summed E-state index contributed by atoms with van der Waals surface area (Å²) in [5.74, 6) is -0.825. The van der Waals surface area contributed by atoms with Crippen LogP contribution in [0, 0.1) is 5.82 Å². The van der Waals surface area contributed by atoms with Crippen LogP contribution in [0.2, 0.25) is 0 Å². The Morgan fingerprint density at radius 3 is 2.53 bits per heavy atom. The van der Waals surface area contributed by atoms with Crippen LogP contribution in [0.5, 0.6) is 0 Å². The highest BCUT2D eigenvalue weighted by Crippen LogP contribution is 2.02. The SMILES string of the molecule is CCOC(=O)CCC(=O)NCCc1ccc(F)cc1. The van der Waals surface area contributed by atoms with Gasteiger partial charge in [0, 0.05) is 13.0 Å². The Kier molecular flexibility index (Phi) is 6.57. The minimum Gasteiger partial charge on any atom is -0.466 e. The average Bonchev–Trinajstić information content (AvgIpc) is 2.39. The van der Waals surface area contributed by atoms with E-state index in [-0.39, 0.29) is 30.5 Å². The molecule has 104 valence electrons. The second-order valence-electron chi connectivity index (χ2n) is 4.03. The maximum absolute atomic E-state index is 12.7. The van der Waals surface area contributed by atoms with Crippen LogP contribution in [-0.2, 0) is 20.7 Å². The van der Waals surface area contributed by atoms with Gasteiger partial charge in [0.15, 0.2) is 0 Å². The van der Waals surface area contributed by atoms with Gasteiger partial charge in [-0.05, 0) is 31.0 Å². The predicted molar refractivity (Wildman–Crippen MR) is 69.0 cm³/mol. The molecule has 0 unspecified atom stereocenters. The van der Waals surface area contributed by atoms with E-state index < -0.39 is 0 Å². The van der Waals surface area contributed by atoms with Crippen LogP contribution in [0.1, 0.15) is 25.3 Å². The minimum atomic E-state index is -0.365. The highest BCUT2D eigenvalue weighted by Gasteiger charge is 2.06. The van der Waals surface area contributed by atoms with Gasteiger partial charge in [-0.25, -0.2) is 4.39 Å². The van der Waals surface area contributed by atoms with Crippen LogP contribution >= 0.6 is 0 Å². The molecule has 0 heterocycles. The van der Waals surface area contributed by atoms with Crippen molar-refractivity contribution in [2.45, 2.75) is 26.2 Å². The van der Waals surface area contributed by atoms with Gasteiger partial charge in [0.05, 0.1) is 13.0 Å². The van der Waals surface area contributed by atoms with Crippen molar-refractivity contribution in [3.05, 3.63) is 35.6 Å². The third-order valence-electron chi connectivity index (χ3n) is 2.51. The van der Waals surface area contributed by atoms with Crippen LogP contribution in [-0.4, -0.2) is 25.0 Å². The Labute approximate surface area is 112 Å². The zero-order chi connectivity index (χ0) is 14.1. The quantitative estimate of drug-likeness (QED) is 0.767. The van der Waals surface area contributed by atoms with E-state index in [2.05, 4.69) is 5.32 Å². The van der Waals surface area contributed by atoms with E-state index in [0.717, 1.165) is 5.56 Å². The highest BCUT2D eigenvalue weighted by molar-refractivity contribution is 5.81. The van der Waals surface area contributed by atoms with Gasteiger partial charge in [-0.1, -0.05) is 12.1 Å². The zero-order valence-corrected chi connectivity index (χ0v) is 10.9. The fourth-order valence-electron chi connectivity index (χ4n) is 1.53. The first kappa shape index (κ1) is 15.1. The Balaban J connectivity index is 2.16. The van der Waals surface area contributed by atoms with E-state index >= 15 is 0 Å². The number of ether oxygens (including phenoxy) is 1. The van der Waals surface area contributed by atoms with E-state index in [4.69, 9.17) is 4.74 Å². The molecule has 4 nitrogen and oxygen atoms in total. The molecule has 1 amide bonds. The van der Waals surface area contributed by atoms with E-state index in [0.29, 0.717) is 19.6 Å². The third-order valence-corrected chi connectivity index (χ3v) is 2.51. The second kappa shape index (κ2) is 8.24. The number of hydrogen-bond acceptors (Lipinski definition) is 3. The first-order valence-electron chi connectivity index (χ1n) is 6.28. The Bertz CT molecular complexity index is 417. The lowest BCUT2D eigenvalue weighted by molar-refractivity contribution is -0.144. The van der Waals surface area contributed by atoms with Crippen molar-refractivity contribution in [3.8, 4) is 0 Å². The Morgan fingerprint density at radius 1 is 1.21 bits per heavy atom. The Morgan fingerprint density at radius 2 is 1.89 bits per heavy atom. The summed E-state index contributed by atoms with van der Waals surface area (Å²) in [6.45, 7) is 2.51. The van der Waals surface area contributed by atoms with Crippen LogP contribution in [0.25, 0.3) is 0 Å².